The molecule has 0 bridgehead atoms. The molecule has 0 radical (unpaired) electrons. The molecule has 5 rings (SSSR count). The van der Waals surface area contributed by atoms with Gasteiger partial charge in [0.2, 0.25) is 5.95 Å². The number of aryl methyl sites for hydroxylation is 1. The van der Waals surface area contributed by atoms with Gasteiger partial charge >= 0.3 is 0 Å². The molecule has 152 valence electrons. The molecule has 1 saturated carbocycles. The van der Waals surface area contributed by atoms with Crippen LogP contribution in [0.3, 0.4) is 0 Å². The van der Waals surface area contributed by atoms with Crippen LogP contribution >= 0.6 is 0 Å². The highest BCUT2D eigenvalue weighted by Gasteiger charge is 2.30. The number of benzene rings is 1. The number of nitrogens with zero attached hydrogens (tertiary/aromatic N) is 3. The first kappa shape index (κ1) is 18.5. The fraction of sp³-hybridized carbons (Fsp3) is 0.500. The fourth-order valence-corrected chi connectivity index (χ4v) is 5.11. The van der Waals surface area contributed by atoms with E-state index in [1.807, 2.05) is 6.20 Å². The first-order valence-corrected chi connectivity index (χ1v) is 11.1. The maximum atomic E-state index is 5.79. The molecule has 0 amide bonds. The average Bonchev–Trinajstić information content (AvgIpc) is 3.48. The summed E-state index contributed by atoms with van der Waals surface area (Å²) in [6, 6.07) is 8.65. The van der Waals surface area contributed by atoms with Crippen molar-refractivity contribution >= 4 is 22.9 Å². The van der Waals surface area contributed by atoms with Gasteiger partial charge in [0.25, 0.3) is 0 Å². The van der Waals surface area contributed by atoms with Gasteiger partial charge in [0.1, 0.15) is 5.76 Å². The molecule has 2 aromatic rings. The largest absolute Gasteiger partial charge is 0.501 e. The zero-order valence-corrected chi connectivity index (χ0v) is 17.3. The maximum Gasteiger partial charge on any atom is 0.227 e. The minimum absolute atomic E-state index is 0.575. The lowest BCUT2D eigenvalue weighted by Gasteiger charge is -2.25. The third kappa shape index (κ3) is 3.70. The normalized spacial score (nSPS) is 19.6. The zero-order chi connectivity index (χ0) is 19.6. The van der Waals surface area contributed by atoms with Gasteiger partial charge in [-0.1, -0.05) is 12.8 Å². The zero-order valence-electron chi connectivity index (χ0n) is 17.3. The number of hydrogen-bond donors (Lipinski definition) is 1. The van der Waals surface area contributed by atoms with Gasteiger partial charge in [-0.3, -0.25) is 0 Å². The molecule has 1 aromatic carbocycles. The van der Waals surface area contributed by atoms with Crippen LogP contribution in [-0.4, -0.2) is 30.2 Å². The molecule has 2 fully saturated rings. The van der Waals surface area contributed by atoms with E-state index in [4.69, 9.17) is 9.72 Å². The van der Waals surface area contributed by atoms with Crippen molar-refractivity contribution in [2.24, 2.45) is 5.92 Å². The Balaban J connectivity index is 1.40. The third-order valence-corrected chi connectivity index (χ3v) is 6.65. The number of rotatable bonds is 5. The fourth-order valence-electron chi connectivity index (χ4n) is 5.11. The third-order valence-electron chi connectivity index (χ3n) is 6.65. The van der Waals surface area contributed by atoms with Crippen molar-refractivity contribution < 1.29 is 4.74 Å². The van der Waals surface area contributed by atoms with Crippen molar-refractivity contribution in [3.05, 3.63) is 47.5 Å². The number of methoxy groups -OCH3 is 1. The number of anilines is 3. The van der Waals surface area contributed by atoms with Gasteiger partial charge in [-0.25, -0.2) is 9.97 Å². The summed E-state index contributed by atoms with van der Waals surface area (Å²) in [5.41, 5.74) is 6.02. The highest BCUT2D eigenvalue weighted by molar-refractivity contribution is 5.72. The molecule has 29 heavy (non-hydrogen) atoms. The van der Waals surface area contributed by atoms with Crippen LogP contribution in [0.5, 0.6) is 0 Å². The van der Waals surface area contributed by atoms with Crippen molar-refractivity contribution in [1.82, 2.24) is 9.97 Å². The van der Waals surface area contributed by atoms with Gasteiger partial charge in [-0.15, -0.1) is 0 Å². The van der Waals surface area contributed by atoms with E-state index < -0.39 is 0 Å². The number of nitrogens with one attached hydrogen (secondary N) is 1. The SMILES string of the molecule is COC1=C(C2CCCC2)c2nc(Nc3ccc(N4CCCC4)cc3)ncc2CC1. The van der Waals surface area contributed by atoms with Crippen LogP contribution in [0.4, 0.5) is 17.3 Å². The van der Waals surface area contributed by atoms with Crippen LogP contribution in [0.2, 0.25) is 0 Å². The van der Waals surface area contributed by atoms with Crippen LogP contribution in [0, 0.1) is 5.92 Å². The Kier molecular flexibility index (Phi) is 5.13. The van der Waals surface area contributed by atoms with Gasteiger partial charge in [0, 0.05) is 42.7 Å². The molecule has 1 aliphatic heterocycles. The summed E-state index contributed by atoms with van der Waals surface area (Å²) in [4.78, 5) is 12.0. The van der Waals surface area contributed by atoms with Gasteiger partial charge in [-0.2, -0.15) is 0 Å². The first-order chi connectivity index (χ1) is 14.3. The number of fused-ring (bicyclic) bond motifs is 1. The molecular formula is C24H30N4O. The topological polar surface area (TPSA) is 50.3 Å². The van der Waals surface area contributed by atoms with Crippen LogP contribution in [-0.2, 0) is 11.2 Å². The molecule has 1 saturated heterocycles. The molecule has 5 nitrogen and oxygen atoms in total. The van der Waals surface area contributed by atoms with Crippen molar-refractivity contribution in [1.29, 1.82) is 0 Å². The van der Waals surface area contributed by atoms with Crippen LogP contribution in [0.25, 0.3) is 5.57 Å². The Bertz CT molecular complexity index is 894. The monoisotopic (exact) mass is 390 g/mol. The molecule has 1 N–H and O–H groups in total. The molecule has 2 aliphatic carbocycles. The lowest BCUT2D eigenvalue weighted by Crippen LogP contribution is -2.17. The summed E-state index contributed by atoms with van der Waals surface area (Å²) in [7, 11) is 1.80. The van der Waals surface area contributed by atoms with Gasteiger partial charge in [0.05, 0.1) is 12.8 Å². The highest BCUT2D eigenvalue weighted by atomic mass is 16.5. The van der Waals surface area contributed by atoms with E-state index in [2.05, 4.69) is 39.5 Å². The number of allylic oxidation sites excluding steroid dienone is 2. The quantitative estimate of drug-likeness (QED) is 0.749. The summed E-state index contributed by atoms with van der Waals surface area (Å²) in [5, 5.41) is 3.41. The van der Waals surface area contributed by atoms with Crippen LogP contribution in [0.15, 0.2) is 36.2 Å². The van der Waals surface area contributed by atoms with Crippen molar-refractivity contribution in [2.45, 2.75) is 51.4 Å². The smallest absolute Gasteiger partial charge is 0.227 e. The maximum absolute atomic E-state index is 5.79. The number of hydrogen-bond acceptors (Lipinski definition) is 5. The Labute approximate surface area is 173 Å². The predicted octanol–water partition coefficient (Wildman–Crippen LogP) is 5.31. The van der Waals surface area contributed by atoms with E-state index in [9.17, 15) is 0 Å². The summed E-state index contributed by atoms with van der Waals surface area (Å²) < 4.78 is 5.79. The average molecular weight is 391 g/mol. The van der Waals surface area contributed by atoms with Crippen molar-refractivity contribution in [3.8, 4) is 0 Å². The second-order valence-corrected chi connectivity index (χ2v) is 8.46. The van der Waals surface area contributed by atoms with E-state index in [1.54, 1.807) is 7.11 Å². The van der Waals surface area contributed by atoms with E-state index in [0.29, 0.717) is 11.9 Å². The molecular weight excluding hydrogens is 360 g/mol. The van der Waals surface area contributed by atoms with E-state index in [0.717, 1.165) is 30.0 Å². The summed E-state index contributed by atoms with van der Waals surface area (Å²) in [6.45, 7) is 2.33. The summed E-state index contributed by atoms with van der Waals surface area (Å²) in [5.74, 6) is 2.38. The van der Waals surface area contributed by atoms with Crippen LogP contribution < -0.4 is 10.2 Å². The second kappa shape index (κ2) is 8.05. The Hall–Kier alpha value is -2.56. The molecule has 2 heterocycles. The molecule has 0 unspecified atom stereocenters. The number of aromatic nitrogens is 2. The molecule has 3 aliphatic rings. The summed E-state index contributed by atoms with van der Waals surface area (Å²) >= 11 is 0. The van der Waals surface area contributed by atoms with Gasteiger partial charge in [0.15, 0.2) is 0 Å². The van der Waals surface area contributed by atoms with Gasteiger partial charge < -0.3 is 15.0 Å². The number of ether oxygens (including phenoxy) is 1. The van der Waals surface area contributed by atoms with Gasteiger partial charge in [-0.05, 0) is 67.9 Å². The highest BCUT2D eigenvalue weighted by Crippen LogP contribution is 2.42. The molecule has 0 atom stereocenters. The lowest BCUT2D eigenvalue weighted by molar-refractivity contribution is 0.274. The minimum Gasteiger partial charge on any atom is -0.501 e. The molecule has 5 heteroatoms. The van der Waals surface area contributed by atoms with E-state index in [1.165, 1.54) is 68.4 Å². The summed E-state index contributed by atoms with van der Waals surface area (Å²) in [6.07, 6.45) is 11.6. The van der Waals surface area contributed by atoms with Crippen molar-refractivity contribution in [2.75, 3.05) is 30.4 Å². The van der Waals surface area contributed by atoms with Crippen molar-refractivity contribution in [3.63, 3.8) is 0 Å². The minimum atomic E-state index is 0.575. The predicted molar refractivity (Wildman–Crippen MR) is 117 cm³/mol. The first-order valence-electron chi connectivity index (χ1n) is 11.1. The molecule has 1 aromatic heterocycles. The lowest BCUT2D eigenvalue weighted by atomic mass is 9.85. The Morgan fingerprint density at radius 2 is 1.76 bits per heavy atom. The molecule has 0 spiro atoms. The second-order valence-electron chi connectivity index (χ2n) is 8.46. The Morgan fingerprint density at radius 3 is 2.48 bits per heavy atom. The Morgan fingerprint density at radius 1 is 1.00 bits per heavy atom. The van der Waals surface area contributed by atoms with E-state index in [-0.39, 0.29) is 0 Å². The standard InChI is InChI=1S/C24H30N4O/c1-29-21-13-8-18-16-25-24(27-23(18)22(21)17-6-2-3-7-17)26-19-9-11-20(12-10-19)28-14-4-5-15-28/h9-12,16-17H,2-8,13-15H2,1H3,(H,25,26,27). The van der Waals surface area contributed by atoms with Crippen LogP contribution in [0.1, 0.15) is 56.2 Å². The van der Waals surface area contributed by atoms with E-state index >= 15 is 0 Å².